The van der Waals surface area contributed by atoms with Crippen molar-refractivity contribution in [2.45, 2.75) is 32.7 Å². The number of hydrogen-bond acceptors (Lipinski definition) is 3. The van der Waals surface area contributed by atoms with Gasteiger partial charge in [-0.25, -0.2) is 0 Å². The molecule has 0 aliphatic carbocycles. The number of carbonyl (C=O) groups is 1. The molecule has 0 fully saturated rings. The van der Waals surface area contributed by atoms with Gasteiger partial charge < -0.3 is 4.74 Å². The number of likely N-dealkylation sites (N-methyl/N-ethyl adjacent to an activating group) is 1. The van der Waals surface area contributed by atoms with Gasteiger partial charge in [0, 0.05) is 0 Å². The predicted octanol–water partition coefficient (Wildman–Crippen LogP) is 3.99. The molecule has 0 amide bonds. The first-order valence-corrected chi connectivity index (χ1v) is 8.39. The number of Topliss-reactive ketones (excluding diaryl/α,β-unsaturated/α-hetero) is 1. The highest BCUT2D eigenvalue weighted by Gasteiger charge is 2.17. The monoisotopic (exact) mass is 325 g/mol. The van der Waals surface area contributed by atoms with E-state index < -0.39 is 0 Å². The molecule has 24 heavy (non-hydrogen) atoms. The van der Waals surface area contributed by atoms with Crippen molar-refractivity contribution in [3.63, 3.8) is 0 Å². The van der Waals surface area contributed by atoms with Crippen molar-refractivity contribution in [2.24, 2.45) is 0 Å². The number of aryl methyl sites for hydroxylation is 1. The van der Waals surface area contributed by atoms with E-state index in [9.17, 15) is 4.79 Å². The second kappa shape index (κ2) is 8.11. The molecular weight excluding hydrogens is 298 g/mol. The Balaban J connectivity index is 2.25. The molecule has 0 saturated heterocycles. The first-order chi connectivity index (χ1) is 11.5. The second-order valence-corrected chi connectivity index (χ2v) is 6.37. The van der Waals surface area contributed by atoms with Crippen LogP contribution in [0.25, 0.3) is 11.1 Å². The van der Waals surface area contributed by atoms with Crippen molar-refractivity contribution in [2.75, 3.05) is 21.2 Å². The molecule has 0 heterocycles. The summed E-state index contributed by atoms with van der Waals surface area (Å²) < 4.78 is 5.32. The molecule has 1 unspecified atom stereocenters. The summed E-state index contributed by atoms with van der Waals surface area (Å²) >= 11 is 0. The van der Waals surface area contributed by atoms with Crippen LogP contribution in [-0.2, 0) is 17.6 Å². The third kappa shape index (κ3) is 4.24. The Morgan fingerprint density at radius 3 is 2.29 bits per heavy atom. The Labute approximate surface area is 145 Å². The number of methoxy groups -OCH3 is 1. The lowest BCUT2D eigenvalue weighted by Gasteiger charge is -2.21. The average molecular weight is 325 g/mol. The number of nitrogens with zero attached hydrogens (tertiary/aromatic N) is 1. The molecule has 0 spiro atoms. The molecule has 2 aromatic rings. The normalized spacial score (nSPS) is 12.2. The van der Waals surface area contributed by atoms with E-state index in [4.69, 9.17) is 4.74 Å². The summed E-state index contributed by atoms with van der Waals surface area (Å²) in [5.41, 5.74) is 4.89. The molecule has 0 aromatic heterocycles. The second-order valence-electron chi connectivity index (χ2n) is 6.37. The van der Waals surface area contributed by atoms with Crippen LogP contribution < -0.4 is 4.74 Å². The van der Waals surface area contributed by atoms with Crippen molar-refractivity contribution in [3.05, 3.63) is 53.6 Å². The highest BCUT2D eigenvalue weighted by molar-refractivity contribution is 5.81. The van der Waals surface area contributed by atoms with E-state index in [-0.39, 0.29) is 11.8 Å². The van der Waals surface area contributed by atoms with Crippen LogP contribution in [0.5, 0.6) is 5.75 Å². The van der Waals surface area contributed by atoms with Crippen molar-refractivity contribution >= 4 is 5.78 Å². The number of ketones is 1. The Hall–Kier alpha value is -2.13. The zero-order valence-electron chi connectivity index (χ0n) is 15.3. The van der Waals surface area contributed by atoms with Crippen LogP contribution in [0.15, 0.2) is 42.5 Å². The van der Waals surface area contributed by atoms with Crippen molar-refractivity contribution in [1.29, 1.82) is 0 Å². The Morgan fingerprint density at radius 2 is 1.79 bits per heavy atom. The van der Waals surface area contributed by atoms with Crippen LogP contribution in [0, 0.1) is 0 Å². The standard InChI is InChI=1S/C21H27NO2/c1-6-17-14-19(24-5)11-12-20(17)18-9-7-16(8-10-18)13-21(15(2)23)22(3)4/h7-12,14,21H,6,13H2,1-5H3. The first kappa shape index (κ1) is 18.2. The number of rotatable bonds is 7. The van der Waals surface area contributed by atoms with Gasteiger partial charge in [0.05, 0.1) is 13.2 Å². The summed E-state index contributed by atoms with van der Waals surface area (Å²) in [6.45, 7) is 3.81. The topological polar surface area (TPSA) is 29.5 Å². The van der Waals surface area contributed by atoms with Gasteiger partial charge in [-0.15, -0.1) is 0 Å². The van der Waals surface area contributed by atoms with Crippen LogP contribution in [0.3, 0.4) is 0 Å². The highest BCUT2D eigenvalue weighted by atomic mass is 16.5. The lowest BCUT2D eigenvalue weighted by molar-refractivity contribution is -0.121. The summed E-state index contributed by atoms with van der Waals surface area (Å²) in [5.74, 6) is 1.09. The summed E-state index contributed by atoms with van der Waals surface area (Å²) in [7, 11) is 5.59. The van der Waals surface area contributed by atoms with E-state index in [1.165, 1.54) is 22.3 Å². The predicted molar refractivity (Wildman–Crippen MR) is 99.7 cm³/mol. The molecule has 0 bridgehead atoms. The maximum Gasteiger partial charge on any atom is 0.147 e. The molecule has 0 aliphatic heterocycles. The van der Waals surface area contributed by atoms with Gasteiger partial charge >= 0.3 is 0 Å². The summed E-state index contributed by atoms with van der Waals surface area (Å²) in [6, 6.07) is 14.7. The van der Waals surface area contributed by atoms with Gasteiger partial charge in [0.1, 0.15) is 11.5 Å². The van der Waals surface area contributed by atoms with E-state index in [0.29, 0.717) is 0 Å². The summed E-state index contributed by atoms with van der Waals surface area (Å²) in [4.78, 5) is 13.7. The Kier molecular flexibility index (Phi) is 6.16. The third-order valence-corrected chi connectivity index (χ3v) is 4.48. The minimum Gasteiger partial charge on any atom is -0.497 e. The van der Waals surface area contributed by atoms with Crippen LogP contribution in [0.4, 0.5) is 0 Å². The van der Waals surface area contributed by atoms with Crippen LogP contribution in [-0.4, -0.2) is 37.9 Å². The summed E-state index contributed by atoms with van der Waals surface area (Å²) in [6.07, 6.45) is 1.70. The minimum atomic E-state index is -0.0666. The molecule has 128 valence electrons. The smallest absolute Gasteiger partial charge is 0.147 e. The number of ether oxygens (including phenoxy) is 1. The largest absolute Gasteiger partial charge is 0.497 e. The van der Waals surface area contributed by atoms with Crippen LogP contribution >= 0.6 is 0 Å². The van der Waals surface area contributed by atoms with Gasteiger partial charge in [-0.2, -0.15) is 0 Å². The molecule has 0 saturated carbocycles. The van der Waals surface area contributed by atoms with Gasteiger partial charge in [0.15, 0.2) is 0 Å². The lowest BCUT2D eigenvalue weighted by atomic mass is 9.95. The van der Waals surface area contributed by atoms with Crippen LogP contribution in [0.2, 0.25) is 0 Å². The fraction of sp³-hybridized carbons (Fsp3) is 0.381. The maximum absolute atomic E-state index is 11.8. The van der Waals surface area contributed by atoms with E-state index in [2.05, 4.69) is 43.3 Å². The quantitative estimate of drug-likeness (QED) is 0.771. The van der Waals surface area contributed by atoms with Crippen molar-refractivity contribution in [1.82, 2.24) is 4.90 Å². The van der Waals surface area contributed by atoms with E-state index in [1.807, 2.05) is 25.1 Å². The Morgan fingerprint density at radius 1 is 1.12 bits per heavy atom. The summed E-state index contributed by atoms with van der Waals surface area (Å²) in [5, 5.41) is 0. The van der Waals surface area contributed by atoms with Gasteiger partial charge in [0.25, 0.3) is 0 Å². The SMILES string of the molecule is CCc1cc(OC)ccc1-c1ccc(CC(C(C)=O)N(C)C)cc1. The minimum absolute atomic E-state index is 0.0666. The van der Waals surface area contributed by atoms with Crippen molar-refractivity contribution < 1.29 is 9.53 Å². The molecule has 3 heteroatoms. The molecule has 2 aromatic carbocycles. The first-order valence-electron chi connectivity index (χ1n) is 8.39. The number of benzene rings is 2. The third-order valence-electron chi connectivity index (χ3n) is 4.48. The van der Waals surface area contributed by atoms with Gasteiger partial charge in [-0.05, 0) is 68.2 Å². The van der Waals surface area contributed by atoms with E-state index >= 15 is 0 Å². The fourth-order valence-corrected chi connectivity index (χ4v) is 3.00. The molecular formula is C21H27NO2. The zero-order chi connectivity index (χ0) is 17.7. The zero-order valence-corrected chi connectivity index (χ0v) is 15.3. The molecule has 0 aliphatic rings. The Bertz CT molecular complexity index is 689. The van der Waals surface area contributed by atoms with Crippen LogP contribution in [0.1, 0.15) is 25.0 Å². The van der Waals surface area contributed by atoms with Gasteiger partial charge in [-0.1, -0.05) is 37.3 Å². The highest BCUT2D eigenvalue weighted by Crippen LogP contribution is 2.28. The van der Waals surface area contributed by atoms with Gasteiger partial charge in [0.2, 0.25) is 0 Å². The maximum atomic E-state index is 11.8. The number of carbonyl (C=O) groups excluding carboxylic acids is 1. The molecule has 0 N–H and O–H groups in total. The average Bonchev–Trinajstić information content (AvgIpc) is 2.59. The van der Waals surface area contributed by atoms with Crippen molar-refractivity contribution in [3.8, 4) is 16.9 Å². The number of hydrogen-bond donors (Lipinski definition) is 0. The lowest BCUT2D eigenvalue weighted by Crippen LogP contribution is -2.36. The fourth-order valence-electron chi connectivity index (χ4n) is 3.00. The molecule has 1 atom stereocenters. The van der Waals surface area contributed by atoms with Gasteiger partial charge in [-0.3, -0.25) is 9.69 Å². The van der Waals surface area contributed by atoms with E-state index in [0.717, 1.165) is 18.6 Å². The molecule has 3 nitrogen and oxygen atoms in total. The molecule has 2 rings (SSSR count). The molecule has 0 radical (unpaired) electrons. The van der Waals surface area contributed by atoms with E-state index in [1.54, 1.807) is 14.0 Å².